The van der Waals surface area contributed by atoms with Gasteiger partial charge in [-0.25, -0.2) is 9.98 Å². The van der Waals surface area contributed by atoms with Gasteiger partial charge in [0.1, 0.15) is 0 Å². The molecule has 8 bridgehead atoms. The van der Waals surface area contributed by atoms with Gasteiger partial charge in [0.25, 0.3) is 0 Å². The summed E-state index contributed by atoms with van der Waals surface area (Å²) in [5, 5.41) is 0. The quantitative estimate of drug-likeness (QED) is 0.264. The number of rotatable bonds is 3. The fourth-order valence-electron chi connectivity index (χ4n) is 6.37. The zero-order chi connectivity index (χ0) is 28.8. The standard InChI is InChI=1S/C40H29N3/c1-26-32-19-21-34(41-32)38(27-11-5-2-6-12-27)30-17-18-31(25-30)39(28-13-7-3-8-14-28)35-23-24-37(43-35)40(29-15-9-4-10-16-29)36-22-20-33(26)42-36/h2-24,42H,25H2,1H3. The summed E-state index contributed by atoms with van der Waals surface area (Å²) >= 11 is 0. The van der Waals surface area contributed by atoms with E-state index in [0.717, 1.165) is 68.5 Å². The first-order valence-electron chi connectivity index (χ1n) is 14.7. The van der Waals surface area contributed by atoms with Crippen LogP contribution in [-0.4, -0.2) is 16.4 Å². The molecule has 0 spiro atoms. The van der Waals surface area contributed by atoms with Crippen molar-refractivity contribution < 1.29 is 0 Å². The molecule has 4 aromatic rings. The SMILES string of the molecule is CC1=C2C=CC(=N2)C(c2ccccc2)=C2C=CC(=C(c3ccccc3)C3=NC(=C(c4ccccc4)c4ccc1[nH]4)C=C3)C2. The van der Waals surface area contributed by atoms with Crippen LogP contribution >= 0.6 is 0 Å². The molecule has 1 aromatic heterocycles. The molecule has 4 aliphatic rings. The van der Waals surface area contributed by atoms with E-state index in [1.807, 2.05) is 0 Å². The maximum absolute atomic E-state index is 5.33. The van der Waals surface area contributed by atoms with Crippen molar-refractivity contribution in [3.05, 3.63) is 190 Å². The summed E-state index contributed by atoms with van der Waals surface area (Å²) in [6, 6.07) is 36.1. The van der Waals surface area contributed by atoms with Crippen LogP contribution in [0.2, 0.25) is 0 Å². The van der Waals surface area contributed by atoms with Crippen molar-refractivity contribution in [2.45, 2.75) is 13.3 Å². The first-order valence-corrected chi connectivity index (χ1v) is 14.7. The Morgan fingerprint density at radius 3 is 1.49 bits per heavy atom. The normalized spacial score (nSPS) is 17.4. The average Bonchev–Trinajstić information content (AvgIpc) is 3.88. The van der Waals surface area contributed by atoms with Crippen molar-refractivity contribution in [2.75, 3.05) is 0 Å². The number of hydrogen-bond donors (Lipinski definition) is 1. The molecule has 0 fully saturated rings. The third-order valence-corrected chi connectivity index (χ3v) is 8.49. The van der Waals surface area contributed by atoms with E-state index in [0.29, 0.717) is 0 Å². The molecule has 3 nitrogen and oxygen atoms in total. The minimum Gasteiger partial charge on any atom is -0.355 e. The second kappa shape index (κ2) is 10.4. The number of aliphatic imine (C=N–C) groups is 2. The first kappa shape index (κ1) is 25.2. The minimum absolute atomic E-state index is 0.800. The van der Waals surface area contributed by atoms with Crippen molar-refractivity contribution in [3.8, 4) is 0 Å². The third kappa shape index (κ3) is 4.47. The van der Waals surface area contributed by atoms with Gasteiger partial charge in [0.05, 0.1) is 22.8 Å². The van der Waals surface area contributed by atoms with Gasteiger partial charge in [-0.1, -0.05) is 103 Å². The molecule has 204 valence electrons. The highest BCUT2D eigenvalue weighted by molar-refractivity contribution is 6.34. The van der Waals surface area contributed by atoms with Crippen LogP contribution in [0, 0.1) is 0 Å². The summed E-state index contributed by atoms with van der Waals surface area (Å²) in [6.45, 7) is 2.14. The van der Waals surface area contributed by atoms with E-state index in [-0.39, 0.29) is 0 Å². The Hall–Kier alpha value is -5.54. The van der Waals surface area contributed by atoms with Gasteiger partial charge in [-0.15, -0.1) is 0 Å². The average molecular weight is 552 g/mol. The highest BCUT2D eigenvalue weighted by atomic mass is 14.8. The van der Waals surface area contributed by atoms with Gasteiger partial charge >= 0.3 is 0 Å². The van der Waals surface area contributed by atoms with Crippen molar-refractivity contribution in [3.63, 3.8) is 0 Å². The molecule has 0 saturated heterocycles. The molecule has 3 aromatic carbocycles. The lowest BCUT2D eigenvalue weighted by atomic mass is 9.91. The molecule has 3 heteroatoms. The van der Waals surface area contributed by atoms with Crippen LogP contribution in [0.15, 0.2) is 172 Å². The molecular weight excluding hydrogens is 522 g/mol. The van der Waals surface area contributed by atoms with Crippen molar-refractivity contribution in [2.24, 2.45) is 9.98 Å². The fraction of sp³-hybridized carbons (Fsp3) is 0.0500. The number of aromatic nitrogens is 1. The van der Waals surface area contributed by atoms with Gasteiger partial charge in [0.2, 0.25) is 0 Å². The number of nitrogens with one attached hydrogen (secondary N) is 1. The van der Waals surface area contributed by atoms with E-state index in [1.54, 1.807) is 0 Å². The topological polar surface area (TPSA) is 40.5 Å². The van der Waals surface area contributed by atoms with E-state index in [2.05, 4.69) is 151 Å². The van der Waals surface area contributed by atoms with Crippen molar-refractivity contribution >= 4 is 33.7 Å². The lowest BCUT2D eigenvalue weighted by Gasteiger charge is -2.14. The Balaban J connectivity index is 1.43. The van der Waals surface area contributed by atoms with Gasteiger partial charge in [-0.3, -0.25) is 0 Å². The van der Waals surface area contributed by atoms with Gasteiger partial charge in [-0.2, -0.15) is 0 Å². The van der Waals surface area contributed by atoms with E-state index < -0.39 is 0 Å². The monoisotopic (exact) mass is 551 g/mol. The van der Waals surface area contributed by atoms with Gasteiger partial charge < -0.3 is 4.98 Å². The number of hydrogen-bond acceptors (Lipinski definition) is 2. The second-order valence-electron chi connectivity index (χ2n) is 11.1. The molecule has 1 aliphatic carbocycles. The molecule has 4 heterocycles. The summed E-state index contributed by atoms with van der Waals surface area (Å²) in [6.07, 6.45) is 14.0. The van der Waals surface area contributed by atoms with E-state index in [4.69, 9.17) is 9.98 Å². The van der Waals surface area contributed by atoms with Crippen LogP contribution in [0.1, 0.15) is 41.4 Å². The third-order valence-electron chi connectivity index (χ3n) is 8.49. The van der Waals surface area contributed by atoms with E-state index >= 15 is 0 Å². The molecule has 0 unspecified atom stereocenters. The number of nitrogens with zero attached hydrogens (tertiary/aromatic N) is 2. The van der Waals surface area contributed by atoms with Crippen LogP contribution < -0.4 is 0 Å². The second-order valence-corrected chi connectivity index (χ2v) is 11.1. The summed E-state index contributed by atoms with van der Waals surface area (Å²) in [5.74, 6) is 0. The smallest absolute Gasteiger partial charge is 0.0737 e. The summed E-state index contributed by atoms with van der Waals surface area (Å²) < 4.78 is 0. The number of fused-ring (bicyclic) bond motifs is 6. The molecule has 0 saturated carbocycles. The number of H-pyrrole nitrogens is 1. The van der Waals surface area contributed by atoms with E-state index in [1.165, 1.54) is 22.3 Å². The predicted octanol–water partition coefficient (Wildman–Crippen LogP) is 9.41. The number of benzene rings is 3. The zero-order valence-electron chi connectivity index (χ0n) is 23.9. The van der Waals surface area contributed by atoms with Crippen molar-refractivity contribution in [1.82, 2.24) is 4.98 Å². The first-order chi connectivity index (χ1) is 21.2. The fourth-order valence-corrected chi connectivity index (χ4v) is 6.37. The van der Waals surface area contributed by atoms with Crippen LogP contribution in [0.4, 0.5) is 0 Å². The van der Waals surface area contributed by atoms with Gasteiger partial charge in [0, 0.05) is 28.1 Å². The molecule has 0 atom stereocenters. The molecule has 0 radical (unpaired) electrons. The molecular formula is C40H29N3. The largest absolute Gasteiger partial charge is 0.355 e. The number of allylic oxidation sites excluding steroid dienone is 11. The molecule has 3 aliphatic heterocycles. The lowest BCUT2D eigenvalue weighted by molar-refractivity contribution is 1.26. The Kier molecular flexibility index (Phi) is 6.08. The highest BCUT2D eigenvalue weighted by Crippen LogP contribution is 2.40. The number of aromatic amines is 1. The van der Waals surface area contributed by atoms with Crippen LogP contribution in [0.5, 0.6) is 0 Å². The van der Waals surface area contributed by atoms with E-state index in [9.17, 15) is 0 Å². The van der Waals surface area contributed by atoms with Crippen LogP contribution in [0.25, 0.3) is 22.3 Å². The van der Waals surface area contributed by atoms with Gasteiger partial charge in [0.15, 0.2) is 0 Å². The summed E-state index contributed by atoms with van der Waals surface area (Å²) in [5.41, 5.74) is 16.5. The van der Waals surface area contributed by atoms with Gasteiger partial charge in [-0.05, 0) is 83.2 Å². The summed E-state index contributed by atoms with van der Waals surface area (Å²) in [7, 11) is 0. The molecule has 43 heavy (non-hydrogen) atoms. The molecule has 0 amide bonds. The summed E-state index contributed by atoms with van der Waals surface area (Å²) in [4.78, 5) is 14.3. The Bertz CT molecular complexity index is 2050. The molecule has 8 rings (SSSR count). The Labute approximate surface area is 251 Å². The van der Waals surface area contributed by atoms with Crippen LogP contribution in [-0.2, 0) is 0 Å². The predicted molar refractivity (Wildman–Crippen MR) is 179 cm³/mol. The zero-order valence-corrected chi connectivity index (χ0v) is 23.9. The minimum atomic E-state index is 0.800. The maximum Gasteiger partial charge on any atom is 0.0737 e. The van der Waals surface area contributed by atoms with Crippen LogP contribution in [0.3, 0.4) is 0 Å². The Morgan fingerprint density at radius 1 is 0.465 bits per heavy atom. The molecule has 1 N–H and O–H groups in total. The maximum atomic E-state index is 5.33. The Morgan fingerprint density at radius 2 is 0.930 bits per heavy atom. The lowest BCUT2D eigenvalue weighted by Crippen LogP contribution is -2.02. The van der Waals surface area contributed by atoms with Crippen molar-refractivity contribution in [1.29, 1.82) is 0 Å². The highest BCUT2D eigenvalue weighted by Gasteiger charge is 2.25.